The average Bonchev–Trinajstić information content (AvgIpc) is 3.17. The van der Waals surface area contributed by atoms with Gasteiger partial charge in [0.2, 0.25) is 11.8 Å². The fraction of sp³-hybridized carbons (Fsp3) is 0.261. The van der Waals surface area contributed by atoms with Crippen LogP contribution in [-0.4, -0.2) is 22.8 Å². The lowest BCUT2D eigenvalue weighted by atomic mass is 9.85. The first kappa shape index (κ1) is 16.8. The first-order valence-corrected chi connectivity index (χ1v) is 9.42. The summed E-state index contributed by atoms with van der Waals surface area (Å²) in [4.78, 5) is 30.0. The van der Waals surface area contributed by atoms with Crippen molar-refractivity contribution in [3.63, 3.8) is 0 Å². The third kappa shape index (κ3) is 2.06. The van der Waals surface area contributed by atoms with Gasteiger partial charge >= 0.3 is 0 Å². The molecule has 2 aromatic rings. The molecule has 3 aliphatic heterocycles. The van der Waals surface area contributed by atoms with Gasteiger partial charge in [-0.05, 0) is 54.3 Å². The molecule has 2 amide bonds. The first-order chi connectivity index (χ1) is 13.5. The topological polar surface area (TPSA) is 64.4 Å². The Labute approximate surface area is 163 Å². The van der Waals surface area contributed by atoms with Gasteiger partial charge in [0, 0.05) is 6.20 Å². The van der Waals surface area contributed by atoms with Gasteiger partial charge in [-0.15, -0.1) is 0 Å². The molecule has 5 heteroatoms. The second-order valence-electron chi connectivity index (χ2n) is 7.74. The molecule has 3 heterocycles. The van der Waals surface area contributed by atoms with Gasteiger partial charge in [-0.1, -0.05) is 30.3 Å². The van der Waals surface area contributed by atoms with E-state index < -0.39 is 17.9 Å². The Hall–Kier alpha value is -3.39. The lowest BCUT2D eigenvalue weighted by molar-refractivity contribution is -0.123. The van der Waals surface area contributed by atoms with Crippen molar-refractivity contribution in [2.24, 2.45) is 11.8 Å². The minimum Gasteiger partial charge on any atom is -0.353 e. The number of imide groups is 1. The minimum atomic E-state index is -0.653. The van der Waals surface area contributed by atoms with Crippen LogP contribution in [0.5, 0.6) is 0 Å². The van der Waals surface area contributed by atoms with Crippen molar-refractivity contribution in [3.8, 4) is 6.07 Å². The second-order valence-corrected chi connectivity index (χ2v) is 7.74. The zero-order valence-electron chi connectivity index (χ0n) is 15.7. The molecule has 2 fully saturated rings. The number of carbonyl (C=O) groups excluding carboxylic acids is 2. The molecule has 0 bridgehead atoms. The van der Waals surface area contributed by atoms with Gasteiger partial charge in [0.05, 0.1) is 29.6 Å². The van der Waals surface area contributed by atoms with Crippen molar-refractivity contribution in [1.29, 1.82) is 5.26 Å². The van der Waals surface area contributed by atoms with Crippen molar-refractivity contribution in [1.82, 2.24) is 4.90 Å². The highest BCUT2D eigenvalue weighted by Crippen LogP contribution is 2.52. The fourth-order valence-electron chi connectivity index (χ4n) is 4.82. The summed E-state index contributed by atoms with van der Waals surface area (Å²) in [7, 11) is 0. The number of benzene rings is 2. The highest BCUT2D eigenvalue weighted by molar-refractivity contribution is 6.23. The Bertz CT molecular complexity index is 1100. The van der Waals surface area contributed by atoms with Crippen molar-refractivity contribution in [2.75, 3.05) is 4.90 Å². The first-order valence-electron chi connectivity index (χ1n) is 9.42. The van der Waals surface area contributed by atoms with Crippen LogP contribution >= 0.6 is 0 Å². The summed E-state index contributed by atoms with van der Waals surface area (Å²) in [5.41, 5.74) is 4.76. The molecule has 0 aliphatic carbocycles. The second kappa shape index (κ2) is 5.80. The van der Waals surface area contributed by atoms with Gasteiger partial charge in [-0.3, -0.25) is 9.59 Å². The summed E-state index contributed by atoms with van der Waals surface area (Å²) >= 11 is 0. The van der Waals surface area contributed by atoms with E-state index in [2.05, 4.69) is 6.07 Å². The van der Waals surface area contributed by atoms with Crippen molar-refractivity contribution >= 4 is 23.6 Å². The van der Waals surface area contributed by atoms with Gasteiger partial charge in [0.25, 0.3) is 0 Å². The SMILES string of the molecule is Cc1ccc(N2C(=O)[C@@H]3[C@H](C2=O)[C@H](C#N)N2C=Cc4ccccc4[C@H]32)cc1C. The lowest BCUT2D eigenvalue weighted by Gasteiger charge is -2.33. The molecule has 3 aliphatic rings. The van der Waals surface area contributed by atoms with Gasteiger partial charge in [-0.2, -0.15) is 5.26 Å². The zero-order valence-corrected chi connectivity index (χ0v) is 15.7. The van der Waals surface area contributed by atoms with Crippen LogP contribution in [-0.2, 0) is 9.59 Å². The van der Waals surface area contributed by atoms with Crippen molar-refractivity contribution in [3.05, 3.63) is 70.9 Å². The zero-order chi connectivity index (χ0) is 19.6. The quantitative estimate of drug-likeness (QED) is 0.723. The van der Waals surface area contributed by atoms with E-state index >= 15 is 0 Å². The number of anilines is 1. The maximum atomic E-state index is 13.5. The highest BCUT2D eigenvalue weighted by atomic mass is 16.2. The summed E-state index contributed by atoms with van der Waals surface area (Å²) in [6.07, 6.45) is 3.81. The Balaban J connectivity index is 1.63. The van der Waals surface area contributed by atoms with Crippen LogP contribution in [0.4, 0.5) is 5.69 Å². The molecule has 5 rings (SSSR count). The predicted octanol–water partition coefficient (Wildman–Crippen LogP) is 3.34. The average molecular weight is 369 g/mol. The molecule has 2 aromatic carbocycles. The standard InChI is InChI=1S/C23H19N3O2/c1-13-7-8-16(11-14(13)2)26-22(27)19-18(12-24)25-10-9-15-5-3-4-6-17(15)21(25)20(19)23(26)28/h3-11,18-21H,1-2H3/t18-,19+,20+,21+/m0/s1. The van der Waals surface area contributed by atoms with E-state index in [1.54, 1.807) is 0 Å². The third-order valence-corrected chi connectivity index (χ3v) is 6.34. The molecule has 0 aromatic heterocycles. The third-order valence-electron chi connectivity index (χ3n) is 6.34. The van der Waals surface area contributed by atoms with Crippen LogP contribution < -0.4 is 4.90 Å². The molecular formula is C23H19N3O2. The number of aryl methyl sites for hydroxylation is 2. The van der Waals surface area contributed by atoms with Crippen molar-refractivity contribution < 1.29 is 9.59 Å². The van der Waals surface area contributed by atoms with E-state index in [0.717, 1.165) is 22.3 Å². The molecule has 0 unspecified atom stereocenters. The van der Waals surface area contributed by atoms with Gasteiger partial charge in [-0.25, -0.2) is 4.90 Å². The fourth-order valence-corrected chi connectivity index (χ4v) is 4.82. The number of nitrogens with zero attached hydrogens (tertiary/aromatic N) is 3. The highest BCUT2D eigenvalue weighted by Gasteiger charge is 2.63. The van der Waals surface area contributed by atoms with Crippen LogP contribution in [0.2, 0.25) is 0 Å². The molecule has 28 heavy (non-hydrogen) atoms. The number of amides is 2. The molecule has 0 saturated carbocycles. The lowest BCUT2D eigenvalue weighted by Crippen LogP contribution is -2.40. The number of hydrogen-bond acceptors (Lipinski definition) is 4. The van der Waals surface area contributed by atoms with Crippen molar-refractivity contribution in [2.45, 2.75) is 25.9 Å². The minimum absolute atomic E-state index is 0.212. The molecule has 0 radical (unpaired) electrons. The normalized spacial score (nSPS) is 27.5. The monoisotopic (exact) mass is 369 g/mol. The Morgan fingerprint density at radius 2 is 1.71 bits per heavy atom. The molecule has 4 atom stereocenters. The van der Waals surface area contributed by atoms with Crippen LogP contribution in [0.25, 0.3) is 6.08 Å². The number of carbonyl (C=O) groups is 2. The molecule has 2 saturated heterocycles. The van der Waals surface area contributed by atoms with Crippen LogP contribution in [0, 0.1) is 37.0 Å². The van der Waals surface area contributed by atoms with E-state index in [1.165, 1.54) is 4.90 Å². The Morgan fingerprint density at radius 3 is 2.46 bits per heavy atom. The number of hydrogen-bond donors (Lipinski definition) is 0. The summed E-state index contributed by atoms with van der Waals surface area (Å²) < 4.78 is 0. The summed E-state index contributed by atoms with van der Waals surface area (Å²) in [6.45, 7) is 3.96. The largest absolute Gasteiger partial charge is 0.353 e. The maximum Gasteiger partial charge on any atom is 0.240 e. The molecule has 0 spiro atoms. The molecule has 5 nitrogen and oxygen atoms in total. The van der Waals surface area contributed by atoms with Crippen LogP contribution in [0.3, 0.4) is 0 Å². The van der Waals surface area contributed by atoms with Crippen LogP contribution in [0.15, 0.2) is 48.7 Å². The van der Waals surface area contributed by atoms with E-state index in [-0.39, 0.29) is 17.9 Å². The number of nitriles is 1. The van der Waals surface area contributed by atoms with E-state index in [1.807, 2.05) is 73.5 Å². The van der Waals surface area contributed by atoms with E-state index in [4.69, 9.17) is 0 Å². The van der Waals surface area contributed by atoms with Gasteiger partial charge in [0.15, 0.2) is 0 Å². The predicted molar refractivity (Wildman–Crippen MR) is 105 cm³/mol. The summed E-state index contributed by atoms with van der Waals surface area (Å²) in [5.74, 6) is -1.69. The summed E-state index contributed by atoms with van der Waals surface area (Å²) in [5, 5.41) is 9.83. The van der Waals surface area contributed by atoms with E-state index in [9.17, 15) is 14.9 Å². The van der Waals surface area contributed by atoms with Gasteiger partial charge < -0.3 is 4.90 Å². The van der Waals surface area contributed by atoms with Crippen LogP contribution in [0.1, 0.15) is 28.3 Å². The smallest absolute Gasteiger partial charge is 0.240 e. The Kier molecular flexibility index (Phi) is 3.47. The summed E-state index contributed by atoms with van der Waals surface area (Å²) in [6, 6.07) is 14.8. The number of fused-ring (bicyclic) bond motifs is 5. The van der Waals surface area contributed by atoms with E-state index in [0.29, 0.717) is 5.69 Å². The number of rotatable bonds is 1. The Morgan fingerprint density at radius 1 is 0.964 bits per heavy atom. The maximum absolute atomic E-state index is 13.5. The molecule has 138 valence electrons. The molecule has 0 N–H and O–H groups in total. The van der Waals surface area contributed by atoms with Gasteiger partial charge in [0.1, 0.15) is 6.04 Å². The molecular weight excluding hydrogens is 350 g/mol.